The van der Waals surface area contributed by atoms with Crippen LogP contribution in [0.15, 0.2) is 71.7 Å². The van der Waals surface area contributed by atoms with Gasteiger partial charge in [-0.05, 0) is 60.3 Å². The Morgan fingerprint density at radius 2 is 2.13 bits per heavy atom. The number of nitrogens with two attached hydrogens (primary N) is 2. The lowest BCUT2D eigenvalue weighted by Gasteiger charge is -2.10. The van der Waals surface area contributed by atoms with Crippen molar-refractivity contribution in [3.63, 3.8) is 0 Å². The van der Waals surface area contributed by atoms with Crippen LogP contribution in [0.3, 0.4) is 0 Å². The van der Waals surface area contributed by atoms with Crippen LogP contribution in [-0.4, -0.2) is 25.4 Å². The molecular formula is C21H20N8O2. The number of aromatic nitrogens is 4. The van der Waals surface area contributed by atoms with Gasteiger partial charge >= 0.3 is 0 Å². The van der Waals surface area contributed by atoms with Gasteiger partial charge in [0.15, 0.2) is 0 Å². The number of hydrogen-bond donors (Lipinski definition) is 4. The van der Waals surface area contributed by atoms with E-state index in [2.05, 4.69) is 25.8 Å². The lowest BCUT2D eigenvalue weighted by molar-refractivity contribution is 0.102. The van der Waals surface area contributed by atoms with Crippen LogP contribution in [0.4, 0.5) is 17.3 Å². The van der Waals surface area contributed by atoms with Crippen molar-refractivity contribution < 1.29 is 9.32 Å². The summed E-state index contributed by atoms with van der Waals surface area (Å²) in [7, 11) is 0. The molecule has 10 nitrogen and oxygen atoms in total. The van der Waals surface area contributed by atoms with Crippen molar-refractivity contribution in [2.45, 2.75) is 6.92 Å². The van der Waals surface area contributed by atoms with E-state index >= 15 is 0 Å². The van der Waals surface area contributed by atoms with E-state index in [0.29, 0.717) is 22.7 Å². The van der Waals surface area contributed by atoms with Crippen LogP contribution in [0.1, 0.15) is 21.9 Å². The average Bonchev–Trinajstić information content (AvgIpc) is 3.41. The van der Waals surface area contributed by atoms with Crippen LogP contribution < -0.4 is 22.1 Å². The molecular weight excluding hydrogens is 396 g/mol. The van der Waals surface area contributed by atoms with Gasteiger partial charge in [0.05, 0.1) is 11.9 Å². The summed E-state index contributed by atoms with van der Waals surface area (Å²) in [6.45, 7) is 1.90. The smallest absolute Gasteiger partial charge is 0.275 e. The molecule has 0 fully saturated rings. The second-order valence-corrected chi connectivity index (χ2v) is 6.61. The maximum absolute atomic E-state index is 12.8. The number of rotatable bonds is 6. The lowest BCUT2D eigenvalue weighted by atomic mass is 10.1. The van der Waals surface area contributed by atoms with Gasteiger partial charge in [0, 0.05) is 17.6 Å². The van der Waals surface area contributed by atoms with Gasteiger partial charge in [-0.3, -0.25) is 9.20 Å². The Bertz CT molecular complexity index is 1300. The molecule has 0 saturated heterocycles. The van der Waals surface area contributed by atoms with Gasteiger partial charge in [0.25, 0.3) is 17.7 Å². The zero-order chi connectivity index (χ0) is 21.8. The van der Waals surface area contributed by atoms with Gasteiger partial charge in [0.2, 0.25) is 0 Å². The SMILES string of the molecule is Cc1ccc(Nc2noc(/C(N)=C/C=C\N)n2)cc1NC(=O)c1cnc2ccccn12. The highest BCUT2D eigenvalue weighted by molar-refractivity contribution is 6.04. The summed E-state index contributed by atoms with van der Waals surface area (Å²) >= 11 is 0. The summed E-state index contributed by atoms with van der Waals surface area (Å²) in [6.07, 6.45) is 7.79. The van der Waals surface area contributed by atoms with Gasteiger partial charge in [-0.15, -0.1) is 0 Å². The maximum Gasteiger partial charge on any atom is 0.275 e. The summed E-state index contributed by atoms with van der Waals surface area (Å²) in [6, 6.07) is 11.0. The predicted octanol–water partition coefficient (Wildman–Crippen LogP) is 2.79. The lowest BCUT2D eigenvalue weighted by Crippen LogP contribution is -2.15. The molecule has 4 rings (SSSR count). The Morgan fingerprint density at radius 1 is 1.26 bits per heavy atom. The number of aryl methyl sites for hydroxylation is 1. The normalized spacial score (nSPS) is 11.8. The van der Waals surface area contributed by atoms with Crippen LogP contribution in [0.5, 0.6) is 0 Å². The largest absolute Gasteiger partial charge is 0.405 e. The fourth-order valence-electron chi connectivity index (χ4n) is 2.87. The highest BCUT2D eigenvalue weighted by Crippen LogP contribution is 2.23. The van der Waals surface area contributed by atoms with Crippen molar-refractivity contribution in [3.8, 4) is 0 Å². The topological polar surface area (TPSA) is 149 Å². The standard InChI is InChI=1S/C21H20N8O2/c1-13-7-8-14(25-21-27-20(31-28-21)15(23)5-4-9-22)11-16(13)26-19(30)17-12-24-18-6-2-3-10-29(17)18/h2-12H,22-23H2,1H3,(H,25,28)(H,26,30)/b9-4-,15-5-. The molecule has 3 heterocycles. The van der Waals surface area contributed by atoms with Gasteiger partial charge in [0.1, 0.15) is 11.3 Å². The number of carbonyl (C=O) groups excluding carboxylic acids is 1. The molecule has 0 aliphatic carbocycles. The summed E-state index contributed by atoms with van der Waals surface area (Å²) in [5, 5.41) is 9.81. The Kier molecular flexibility index (Phi) is 5.35. The van der Waals surface area contributed by atoms with Crippen LogP contribution in [0.2, 0.25) is 0 Å². The molecule has 0 saturated carbocycles. The molecule has 0 radical (unpaired) electrons. The first-order valence-corrected chi connectivity index (χ1v) is 9.34. The first kappa shape index (κ1) is 19.7. The molecule has 10 heteroatoms. The molecule has 31 heavy (non-hydrogen) atoms. The number of amides is 1. The van der Waals surface area contributed by atoms with E-state index in [4.69, 9.17) is 16.0 Å². The fourth-order valence-corrected chi connectivity index (χ4v) is 2.87. The molecule has 0 aliphatic heterocycles. The molecule has 4 aromatic rings. The van der Waals surface area contributed by atoms with E-state index in [1.165, 1.54) is 6.20 Å². The molecule has 1 aromatic carbocycles. The molecule has 3 aromatic heterocycles. The van der Waals surface area contributed by atoms with Crippen LogP contribution >= 0.6 is 0 Å². The molecule has 156 valence electrons. The zero-order valence-electron chi connectivity index (χ0n) is 16.6. The highest BCUT2D eigenvalue weighted by atomic mass is 16.5. The number of benzene rings is 1. The molecule has 0 spiro atoms. The highest BCUT2D eigenvalue weighted by Gasteiger charge is 2.14. The Hall–Kier alpha value is -4.60. The number of hydrogen-bond acceptors (Lipinski definition) is 8. The molecule has 0 atom stereocenters. The Morgan fingerprint density at radius 3 is 2.97 bits per heavy atom. The van der Waals surface area contributed by atoms with Crippen molar-refractivity contribution in [2.24, 2.45) is 11.5 Å². The Labute approximate surface area is 177 Å². The summed E-state index contributed by atoms with van der Waals surface area (Å²) in [5.74, 6) is 0.117. The second-order valence-electron chi connectivity index (χ2n) is 6.61. The van der Waals surface area contributed by atoms with Crippen LogP contribution in [0, 0.1) is 6.92 Å². The summed E-state index contributed by atoms with van der Waals surface area (Å²) in [4.78, 5) is 21.2. The first-order chi connectivity index (χ1) is 15.0. The van der Waals surface area contributed by atoms with Crippen LogP contribution in [0.25, 0.3) is 11.3 Å². The summed E-state index contributed by atoms with van der Waals surface area (Å²) in [5.41, 5.74) is 14.7. The van der Waals surface area contributed by atoms with E-state index in [9.17, 15) is 4.79 Å². The minimum atomic E-state index is -0.272. The van der Waals surface area contributed by atoms with Crippen molar-refractivity contribution in [3.05, 3.63) is 84.3 Å². The molecule has 0 aliphatic rings. The third-order valence-electron chi connectivity index (χ3n) is 4.45. The van der Waals surface area contributed by atoms with Crippen molar-refractivity contribution >= 4 is 34.6 Å². The van der Waals surface area contributed by atoms with Crippen LogP contribution in [-0.2, 0) is 0 Å². The third kappa shape index (κ3) is 4.22. The number of nitrogens with zero attached hydrogens (tertiary/aromatic N) is 4. The number of pyridine rings is 1. The average molecular weight is 416 g/mol. The van der Waals surface area contributed by atoms with Gasteiger partial charge in [-0.25, -0.2) is 4.98 Å². The summed E-state index contributed by atoms with van der Waals surface area (Å²) < 4.78 is 6.86. The van der Waals surface area contributed by atoms with Crippen molar-refractivity contribution in [2.75, 3.05) is 10.6 Å². The number of carbonyl (C=O) groups is 1. The molecule has 6 N–H and O–H groups in total. The minimum absolute atomic E-state index is 0.161. The monoisotopic (exact) mass is 416 g/mol. The second kappa shape index (κ2) is 8.41. The molecule has 0 bridgehead atoms. The third-order valence-corrected chi connectivity index (χ3v) is 4.45. The van der Waals surface area contributed by atoms with E-state index in [1.807, 2.05) is 37.3 Å². The molecule has 1 amide bonds. The quantitative estimate of drug-likeness (QED) is 0.351. The number of nitrogens with one attached hydrogen (secondary N) is 2. The molecule has 0 unspecified atom stereocenters. The van der Waals surface area contributed by atoms with E-state index in [-0.39, 0.29) is 23.4 Å². The van der Waals surface area contributed by atoms with Crippen molar-refractivity contribution in [1.82, 2.24) is 19.5 Å². The number of fused-ring (bicyclic) bond motifs is 1. The fraction of sp³-hybridized carbons (Fsp3) is 0.0476. The first-order valence-electron chi connectivity index (χ1n) is 9.34. The van der Waals surface area contributed by atoms with Crippen molar-refractivity contribution in [1.29, 1.82) is 0 Å². The number of anilines is 3. The van der Waals surface area contributed by atoms with E-state index < -0.39 is 0 Å². The van der Waals surface area contributed by atoms with Gasteiger partial charge in [-0.1, -0.05) is 12.1 Å². The minimum Gasteiger partial charge on any atom is -0.405 e. The zero-order valence-corrected chi connectivity index (χ0v) is 16.6. The maximum atomic E-state index is 12.8. The number of allylic oxidation sites excluding steroid dienone is 2. The predicted molar refractivity (Wildman–Crippen MR) is 117 cm³/mol. The Balaban J connectivity index is 1.52. The van der Waals surface area contributed by atoms with Gasteiger partial charge in [-0.2, -0.15) is 4.98 Å². The van der Waals surface area contributed by atoms with E-state index in [1.54, 1.807) is 35.0 Å². The van der Waals surface area contributed by atoms with E-state index in [0.717, 1.165) is 5.56 Å². The van der Waals surface area contributed by atoms with Gasteiger partial charge < -0.3 is 26.6 Å². The number of imidazole rings is 1.